The van der Waals surface area contributed by atoms with Crippen molar-refractivity contribution in [2.45, 2.75) is 32.2 Å². The number of amides is 1. The van der Waals surface area contributed by atoms with E-state index in [1.165, 1.54) is 0 Å². The van der Waals surface area contributed by atoms with Crippen molar-refractivity contribution in [1.29, 1.82) is 0 Å². The molecular weight excluding hydrogens is 240 g/mol. The normalized spacial score (nSPS) is 18.3. The molecule has 1 saturated carbocycles. The van der Waals surface area contributed by atoms with Crippen molar-refractivity contribution in [3.8, 4) is 5.75 Å². The summed E-state index contributed by atoms with van der Waals surface area (Å²) in [6.07, 6.45) is 2.90. The second-order valence-electron chi connectivity index (χ2n) is 5.31. The van der Waals surface area contributed by atoms with Crippen molar-refractivity contribution in [2.75, 3.05) is 13.7 Å². The molecule has 0 spiro atoms. The Bertz CT molecular complexity index is 450. The predicted molar refractivity (Wildman–Crippen MR) is 74.9 cm³/mol. The predicted octanol–water partition coefficient (Wildman–Crippen LogP) is 2.00. The Labute approximate surface area is 114 Å². The van der Waals surface area contributed by atoms with E-state index in [0.29, 0.717) is 6.54 Å². The second kappa shape index (κ2) is 5.61. The van der Waals surface area contributed by atoms with Gasteiger partial charge in [0.25, 0.3) is 0 Å². The molecular formula is C15H22N2O2. The molecule has 3 N–H and O–H groups in total. The first-order valence-electron chi connectivity index (χ1n) is 6.76. The van der Waals surface area contributed by atoms with Crippen LogP contribution in [-0.2, 0) is 4.79 Å². The standard InChI is InChI=1S/C15H22N2O2/c1-11(12-5-3-6-13(9-12)19-2)17-14(18)15(10-16)7-4-8-15/h3,5-6,9,11H,4,7-8,10,16H2,1-2H3,(H,17,18). The third kappa shape index (κ3) is 2.73. The van der Waals surface area contributed by atoms with Gasteiger partial charge in [0.1, 0.15) is 5.75 Å². The number of benzene rings is 1. The van der Waals surface area contributed by atoms with Crippen LogP contribution in [0.25, 0.3) is 0 Å². The number of ether oxygens (including phenoxy) is 1. The van der Waals surface area contributed by atoms with E-state index in [4.69, 9.17) is 10.5 Å². The lowest BCUT2D eigenvalue weighted by Crippen LogP contribution is -2.50. The third-order valence-electron chi connectivity index (χ3n) is 4.12. The summed E-state index contributed by atoms with van der Waals surface area (Å²) in [5.41, 5.74) is 6.46. The number of hydrogen-bond donors (Lipinski definition) is 2. The maximum Gasteiger partial charge on any atom is 0.227 e. The molecule has 1 aromatic carbocycles. The highest BCUT2D eigenvalue weighted by atomic mass is 16.5. The number of carbonyl (C=O) groups is 1. The van der Waals surface area contributed by atoms with E-state index in [0.717, 1.165) is 30.6 Å². The topological polar surface area (TPSA) is 64.3 Å². The molecule has 1 amide bonds. The Hall–Kier alpha value is -1.55. The first-order chi connectivity index (χ1) is 9.11. The number of carbonyl (C=O) groups excluding carboxylic acids is 1. The molecule has 4 nitrogen and oxygen atoms in total. The Morgan fingerprint density at radius 3 is 2.79 bits per heavy atom. The smallest absolute Gasteiger partial charge is 0.227 e. The number of nitrogens with one attached hydrogen (secondary N) is 1. The van der Waals surface area contributed by atoms with Gasteiger partial charge in [-0.2, -0.15) is 0 Å². The lowest BCUT2D eigenvalue weighted by Gasteiger charge is -2.39. The molecule has 4 heteroatoms. The van der Waals surface area contributed by atoms with E-state index in [1.807, 2.05) is 31.2 Å². The summed E-state index contributed by atoms with van der Waals surface area (Å²) in [5, 5.41) is 3.07. The van der Waals surface area contributed by atoms with Gasteiger partial charge in [0.2, 0.25) is 5.91 Å². The first-order valence-corrected chi connectivity index (χ1v) is 6.76. The van der Waals surface area contributed by atoms with Crippen LogP contribution < -0.4 is 15.8 Å². The zero-order valence-corrected chi connectivity index (χ0v) is 11.6. The minimum absolute atomic E-state index is 0.0355. The molecule has 2 rings (SSSR count). The van der Waals surface area contributed by atoms with Crippen molar-refractivity contribution < 1.29 is 9.53 Å². The quantitative estimate of drug-likeness (QED) is 0.853. The molecule has 1 aliphatic rings. The fourth-order valence-corrected chi connectivity index (χ4v) is 2.47. The van der Waals surface area contributed by atoms with Crippen molar-refractivity contribution in [3.05, 3.63) is 29.8 Å². The Balaban J connectivity index is 2.04. The van der Waals surface area contributed by atoms with Crippen LogP contribution in [0.1, 0.15) is 37.8 Å². The van der Waals surface area contributed by atoms with Crippen LogP contribution in [-0.4, -0.2) is 19.6 Å². The summed E-state index contributed by atoms with van der Waals surface area (Å²) < 4.78 is 5.20. The van der Waals surface area contributed by atoms with Gasteiger partial charge < -0.3 is 15.8 Å². The van der Waals surface area contributed by atoms with E-state index >= 15 is 0 Å². The molecule has 19 heavy (non-hydrogen) atoms. The molecule has 0 saturated heterocycles. The van der Waals surface area contributed by atoms with Crippen LogP contribution in [0.2, 0.25) is 0 Å². The van der Waals surface area contributed by atoms with E-state index < -0.39 is 0 Å². The van der Waals surface area contributed by atoms with Gasteiger partial charge in [-0.25, -0.2) is 0 Å². The summed E-state index contributed by atoms with van der Waals surface area (Å²) in [5.74, 6) is 0.882. The summed E-state index contributed by atoms with van der Waals surface area (Å²) in [6, 6.07) is 7.72. The van der Waals surface area contributed by atoms with Gasteiger partial charge in [-0.05, 0) is 37.5 Å². The number of nitrogens with two attached hydrogens (primary N) is 1. The van der Waals surface area contributed by atoms with Gasteiger partial charge in [-0.1, -0.05) is 18.6 Å². The summed E-state index contributed by atoms with van der Waals surface area (Å²) in [6.45, 7) is 2.42. The summed E-state index contributed by atoms with van der Waals surface area (Å²) in [4.78, 5) is 12.3. The highest BCUT2D eigenvalue weighted by Gasteiger charge is 2.43. The van der Waals surface area contributed by atoms with Gasteiger partial charge in [0.15, 0.2) is 0 Å². The maximum absolute atomic E-state index is 12.3. The average molecular weight is 262 g/mol. The van der Waals surface area contributed by atoms with Crippen molar-refractivity contribution in [3.63, 3.8) is 0 Å². The zero-order chi connectivity index (χ0) is 13.9. The van der Waals surface area contributed by atoms with Crippen molar-refractivity contribution in [2.24, 2.45) is 11.1 Å². The number of hydrogen-bond acceptors (Lipinski definition) is 3. The Kier molecular flexibility index (Phi) is 4.10. The molecule has 0 heterocycles. The number of rotatable bonds is 5. The molecule has 1 atom stereocenters. The highest BCUT2D eigenvalue weighted by Crippen LogP contribution is 2.40. The molecule has 0 bridgehead atoms. The van der Waals surface area contributed by atoms with Gasteiger partial charge >= 0.3 is 0 Å². The molecule has 0 aliphatic heterocycles. The lowest BCUT2D eigenvalue weighted by atomic mass is 9.68. The van der Waals surface area contributed by atoms with Crippen molar-refractivity contribution in [1.82, 2.24) is 5.32 Å². The van der Waals surface area contributed by atoms with Gasteiger partial charge in [-0.15, -0.1) is 0 Å². The zero-order valence-electron chi connectivity index (χ0n) is 11.6. The van der Waals surface area contributed by atoms with E-state index in [1.54, 1.807) is 7.11 Å². The largest absolute Gasteiger partial charge is 0.497 e. The fourth-order valence-electron chi connectivity index (χ4n) is 2.47. The molecule has 0 radical (unpaired) electrons. The summed E-state index contributed by atoms with van der Waals surface area (Å²) in [7, 11) is 1.64. The molecule has 1 aliphatic carbocycles. The highest BCUT2D eigenvalue weighted by molar-refractivity contribution is 5.84. The minimum Gasteiger partial charge on any atom is -0.497 e. The van der Waals surface area contributed by atoms with Crippen LogP contribution in [0.5, 0.6) is 5.75 Å². The monoisotopic (exact) mass is 262 g/mol. The minimum atomic E-state index is -0.326. The second-order valence-corrected chi connectivity index (χ2v) is 5.31. The van der Waals surface area contributed by atoms with Gasteiger partial charge in [-0.3, -0.25) is 4.79 Å². The Morgan fingerprint density at radius 2 is 2.26 bits per heavy atom. The Morgan fingerprint density at radius 1 is 1.53 bits per heavy atom. The average Bonchev–Trinajstić information content (AvgIpc) is 2.38. The van der Waals surface area contributed by atoms with Crippen LogP contribution in [0.4, 0.5) is 0 Å². The van der Waals surface area contributed by atoms with Crippen LogP contribution in [0, 0.1) is 5.41 Å². The lowest BCUT2D eigenvalue weighted by molar-refractivity contribution is -0.135. The number of methoxy groups -OCH3 is 1. The molecule has 104 valence electrons. The van der Waals surface area contributed by atoms with Crippen molar-refractivity contribution >= 4 is 5.91 Å². The fraction of sp³-hybridized carbons (Fsp3) is 0.533. The van der Waals surface area contributed by atoms with Crippen LogP contribution in [0.3, 0.4) is 0 Å². The molecule has 1 unspecified atom stereocenters. The van der Waals surface area contributed by atoms with Crippen LogP contribution >= 0.6 is 0 Å². The van der Waals surface area contributed by atoms with E-state index in [2.05, 4.69) is 5.32 Å². The molecule has 1 aromatic rings. The first kappa shape index (κ1) is 13.9. The van der Waals surface area contributed by atoms with Gasteiger partial charge in [0.05, 0.1) is 18.6 Å². The SMILES string of the molecule is COc1cccc(C(C)NC(=O)C2(CN)CCC2)c1. The van der Waals surface area contributed by atoms with Gasteiger partial charge in [0, 0.05) is 6.54 Å². The third-order valence-corrected chi connectivity index (χ3v) is 4.12. The van der Waals surface area contributed by atoms with E-state index in [-0.39, 0.29) is 17.4 Å². The van der Waals surface area contributed by atoms with E-state index in [9.17, 15) is 4.79 Å². The summed E-state index contributed by atoms with van der Waals surface area (Å²) >= 11 is 0. The maximum atomic E-state index is 12.3. The molecule has 0 aromatic heterocycles. The molecule has 1 fully saturated rings. The van der Waals surface area contributed by atoms with Crippen LogP contribution in [0.15, 0.2) is 24.3 Å².